The van der Waals surface area contributed by atoms with Crippen LogP contribution in [0.4, 0.5) is 17.1 Å². The number of carbonyl (C=O) groups is 1. The molecule has 32 heavy (non-hydrogen) atoms. The third kappa shape index (κ3) is 5.96. The maximum absolute atomic E-state index is 12.5. The molecule has 0 aromatic heterocycles. The van der Waals surface area contributed by atoms with Crippen LogP contribution in [0.25, 0.3) is 0 Å². The van der Waals surface area contributed by atoms with Crippen LogP contribution in [0.15, 0.2) is 77.7 Å². The highest BCUT2D eigenvalue weighted by Gasteiger charge is 2.15. The molecule has 0 unspecified atom stereocenters. The van der Waals surface area contributed by atoms with E-state index < -0.39 is 20.9 Å². The number of nitrogens with zero attached hydrogens (tertiary/aromatic N) is 1. The Morgan fingerprint density at radius 2 is 1.59 bits per heavy atom. The van der Waals surface area contributed by atoms with Crippen LogP contribution < -0.4 is 15.4 Å². The Hall–Kier alpha value is -3.63. The van der Waals surface area contributed by atoms with Crippen molar-refractivity contribution in [1.29, 1.82) is 0 Å². The zero-order valence-electron chi connectivity index (χ0n) is 16.6. The monoisotopic (exact) mass is 474 g/mol. The Balaban J connectivity index is 1.55. The van der Waals surface area contributed by atoms with E-state index in [0.29, 0.717) is 16.4 Å². The quantitative estimate of drug-likeness (QED) is 0.245. The second-order valence-electron chi connectivity index (χ2n) is 6.59. The average molecular weight is 475 g/mol. The standard InChI is InChI=1S/C21H19ClN4O5S/c22-16-7-9-17(10-8-16)25-32(30,31)18-11-5-15(6-12-18)21(27)24-14-13-23-19-3-1-2-4-20(19)26(28)29/h1-12,23,25H,13-14H2,(H,24,27). The van der Waals surface area contributed by atoms with Gasteiger partial charge in [-0.1, -0.05) is 23.7 Å². The Kier molecular flexibility index (Phi) is 7.29. The van der Waals surface area contributed by atoms with Crippen molar-refractivity contribution >= 4 is 44.6 Å². The molecular weight excluding hydrogens is 456 g/mol. The van der Waals surface area contributed by atoms with Gasteiger partial charge in [-0.15, -0.1) is 0 Å². The lowest BCUT2D eigenvalue weighted by Gasteiger charge is -2.10. The third-order valence-corrected chi connectivity index (χ3v) is 6.00. The molecule has 9 nitrogen and oxygen atoms in total. The van der Waals surface area contributed by atoms with Gasteiger partial charge in [0, 0.05) is 35.4 Å². The summed E-state index contributed by atoms with van der Waals surface area (Å²) in [5.41, 5.74) is 0.945. The van der Waals surface area contributed by atoms with Crippen LogP contribution >= 0.6 is 11.6 Å². The van der Waals surface area contributed by atoms with Crippen molar-refractivity contribution in [3.05, 3.63) is 93.5 Å². The molecule has 1 amide bonds. The second kappa shape index (κ2) is 10.1. The Bertz CT molecular complexity index is 1220. The summed E-state index contributed by atoms with van der Waals surface area (Å²) in [6, 6.07) is 17.9. The number of hydrogen-bond donors (Lipinski definition) is 3. The molecule has 0 saturated heterocycles. The summed E-state index contributed by atoms with van der Waals surface area (Å²) in [5, 5.41) is 17.1. The van der Waals surface area contributed by atoms with Gasteiger partial charge in [0.2, 0.25) is 0 Å². The number of amides is 1. The van der Waals surface area contributed by atoms with Gasteiger partial charge in [-0.25, -0.2) is 8.42 Å². The summed E-state index contributed by atoms with van der Waals surface area (Å²) in [6.07, 6.45) is 0. The van der Waals surface area contributed by atoms with E-state index >= 15 is 0 Å². The summed E-state index contributed by atoms with van der Waals surface area (Å²) in [5.74, 6) is -0.399. The first-order valence-electron chi connectivity index (χ1n) is 9.40. The first kappa shape index (κ1) is 23.0. The Labute approximate surface area is 189 Å². The number of nitro benzene ring substituents is 1. The van der Waals surface area contributed by atoms with Crippen molar-refractivity contribution in [2.24, 2.45) is 0 Å². The molecule has 0 aliphatic heterocycles. The highest BCUT2D eigenvalue weighted by atomic mass is 35.5. The molecule has 3 aromatic carbocycles. The molecule has 0 radical (unpaired) electrons. The SMILES string of the molecule is O=C(NCCNc1ccccc1[N+](=O)[O-])c1ccc(S(=O)(=O)Nc2ccc(Cl)cc2)cc1. The lowest BCUT2D eigenvalue weighted by molar-refractivity contribution is -0.384. The number of carbonyl (C=O) groups excluding carboxylic acids is 1. The van der Waals surface area contributed by atoms with E-state index in [-0.39, 0.29) is 29.2 Å². The van der Waals surface area contributed by atoms with Crippen LogP contribution in [0.1, 0.15) is 10.4 Å². The normalized spacial score (nSPS) is 10.9. The zero-order valence-corrected chi connectivity index (χ0v) is 18.2. The van der Waals surface area contributed by atoms with Gasteiger partial charge in [0.1, 0.15) is 5.69 Å². The highest BCUT2D eigenvalue weighted by Crippen LogP contribution is 2.22. The first-order chi connectivity index (χ1) is 15.3. The number of benzene rings is 3. The van der Waals surface area contributed by atoms with Crippen LogP contribution in [0.5, 0.6) is 0 Å². The van der Waals surface area contributed by atoms with Gasteiger partial charge in [0.25, 0.3) is 21.6 Å². The van der Waals surface area contributed by atoms with Crippen LogP contribution in [-0.4, -0.2) is 32.3 Å². The minimum atomic E-state index is -3.82. The fraction of sp³-hybridized carbons (Fsp3) is 0.0952. The van der Waals surface area contributed by atoms with Crippen LogP contribution in [0, 0.1) is 10.1 Å². The molecule has 0 atom stereocenters. The molecular formula is C21H19ClN4O5S. The van der Waals surface area contributed by atoms with E-state index in [4.69, 9.17) is 11.6 Å². The number of nitro groups is 1. The van der Waals surface area contributed by atoms with E-state index in [2.05, 4.69) is 15.4 Å². The fourth-order valence-electron chi connectivity index (χ4n) is 2.78. The number of anilines is 2. The zero-order chi connectivity index (χ0) is 23.1. The number of rotatable bonds is 9. The molecule has 0 heterocycles. The van der Waals surface area contributed by atoms with Crippen molar-refractivity contribution in [2.45, 2.75) is 4.90 Å². The van der Waals surface area contributed by atoms with Gasteiger partial charge in [-0.3, -0.25) is 19.6 Å². The topological polar surface area (TPSA) is 130 Å². The summed E-state index contributed by atoms with van der Waals surface area (Å²) < 4.78 is 27.4. The number of halogens is 1. The van der Waals surface area contributed by atoms with Gasteiger partial charge in [-0.2, -0.15) is 0 Å². The van der Waals surface area contributed by atoms with Crippen molar-refractivity contribution in [3.63, 3.8) is 0 Å². The smallest absolute Gasteiger partial charge is 0.292 e. The van der Waals surface area contributed by atoms with Gasteiger partial charge in [0.05, 0.1) is 9.82 Å². The minimum Gasteiger partial charge on any atom is -0.378 e. The molecule has 0 fully saturated rings. The highest BCUT2D eigenvalue weighted by molar-refractivity contribution is 7.92. The number of hydrogen-bond acceptors (Lipinski definition) is 6. The molecule has 3 N–H and O–H groups in total. The summed E-state index contributed by atoms with van der Waals surface area (Å²) in [4.78, 5) is 22.8. The van der Waals surface area contributed by atoms with Crippen molar-refractivity contribution in [2.75, 3.05) is 23.1 Å². The van der Waals surface area contributed by atoms with Gasteiger partial charge in [0.15, 0.2) is 0 Å². The summed E-state index contributed by atoms with van der Waals surface area (Å²) >= 11 is 5.80. The minimum absolute atomic E-state index is 0.00190. The Morgan fingerprint density at radius 3 is 2.25 bits per heavy atom. The van der Waals surface area contributed by atoms with Crippen molar-refractivity contribution in [1.82, 2.24) is 5.32 Å². The second-order valence-corrected chi connectivity index (χ2v) is 8.71. The molecule has 0 saturated carbocycles. The maximum atomic E-state index is 12.5. The van der Waals surface area contributed by atoms with E-state index in [1.165, 1.54) is 30.3 Å². The summed E-state index contributed by atoms with van der Waals surface area (Å²) in [7, 11) is -3.82. The average Bonchev–Trinajstić information content (AvgIpc) is 2.78. The van der Waals surface area contributed by atoms with E-state index in [1.54, 1.807) is 42.5 Å². The third-order valence-electron chi connectivity index (χ3n) is 4.35. The molecule has 0 aliphatic rings. The van der Waals surface area contributed by atoms with E-state index in [9.17, 15) is 23.3 Å². The van der Waals surface area contributed by atoms with E-state index in [0.717, 1.165) is 0 Å². The van der Waals surface area contributed by atoms with Gasteiger partial charge in [-0.05, 0) is 54.6 Å². The van der Waals surface area contributed by atoms with Crippen molar-refractivity contribution in [3.8, 4) is 0 Å². The molecule has 0 bridgehead atoms. The fourth-order valence-corrected chi connectivity index (χ4v) is 3.96. The number of nitrogens with one attached hydrogen (secondary N) is 3. The lowest BCUT2D eigenvalue weighted by Crippen LogP contribution is -2.28. The largest absolute Gasteiger partial charge is 0.378 e. The van der Waals surface area contributed by atoms with Crippen molar-refractivity contribution < 1.29 is 18.1 Å². The van der Waals surface area contributed by atoms with Crippen LogP contribution in [-0.2, 0) is 10.0 Å². The van der Waals surface area contributed by atoms with Gasteiger partial charge < -0.3 is 10.6 Å². The van der Waals surface area contributed by atoms with Crippen LogP contribution in [0.2, 0.25) is 5.02 Å². The predicted octanol–water partition coefficient (Wildman–Crippen LogP) is 3.89. The van der Waals surface area contributed by atoms with E-state index in [1.807, 2.05) is 0 Å². The first-order valence-corrected chi connectivity index (χ1v) is 11.3. The molecule has 11 heteroatoms. The molecule has 3 aromatic rings. The number of para-hydroxylation sites is 2. The number of sulfonamides is 1. The maximum Gasteiger partial charge on any atom is 0.292 e. The Morgan fingerprint density at radius 1 is 0.938 bits per heavy atom. The predicted molar refractivity (Wildman–Crippen MR) is 123 cm³/mol. The van der Waals surface area contributed by atoms with Gasteiger partial charge >= 0.3 is 0 Å². The molecule has 166 valence electrons. The summed E-state index contributed by atoms with van der Waals surface area (Å²) in [6.45, 7) is 0.483. The molecule has 0 spiro atoms. The molecule has 3 rings (SSSR count). The van der Waals surface area contributed by atoms with Crippen LogP contribution in [0.3, 0.4) is 0 Å². The molecule has 0 aliphatic carbocycles. The lowest BCUT2D eigenvalue weighted by atomic mass is 10.2.